The van der Waals surface area contributed by atoms with Crippen molar-refractivity contribution in [2.45, 2.75) is 6.42 Å². The molecule has 0 bridgehead atoms. The number of hydrogen-bond acceptors (Lipinski definition) is 2. The van der Waals surface area contributed by atoms with E-state index >= 15 is 0 Å². The Hall–Kier alpha value is -0.610. The number of rotatable bonds is 2. The average molecular weight is 171 g/mol. The Labute approximate surface area is 72.4 Å². The Morgan fingerprint density at radius 2 is 2.36 bits per heavy atom. The zero-order chi connectivity index (χ0) is 8.27. The maximum absolute atomic E-state index is 5.50. The molecule has 0 aliphatic carbocycles. The van der Waals surface area contributed by atoms with Gasteiger partial charge in [0.1, 0.15) is 0 Å². The van der Waals surface area contributed by atoms with Crippen molar-refractivity contribution in [1.29, 1.82) is 0 Å². The first-order valence-electron chi connectivity index (χ1n) is 3.68. The fraction of sp³-hybridized carbons (Fsp3) is 0.571. The van der Waals surface area contributed by atoms with E-state index in [1.807, 2.05) is 11.1 Å². The van der Waals surface area contributed by atoms with Crippen LogP contribution in [0, 0.1) is 0 Å². The molecule has 1 heterocycles. The molecule has 1 aliphatic heterocycles. The van der Waals surface area contributed by atoms with E-state index in [-0.39, 0.29) is 0 Å². The highest BCUT2D eigenvalue weighted by Gasteiger charge is 2.20. The van der Waals surface area contributed by atoms with E-state index in [1.165, 1.54) is 0 Å². The third-order valence-electron chi connectivity index (χ3n) is 1.72. The van der Waals surface area contributed by atoms with E-state index in [4.69, 9.17) is 18.0 Å². The number of hydrazine groups is 1. The monoisotopic (exact) mass is 171 g/mol. The van der Waals surface area contributed by atoms with Gasteiger partial charge >= 0.3 is 0 Å². The molecule has 11 heavy (non-hydrogen) atoms. The van der Waals surface area contributed by atoms with Crippen LogP contribution >= 0.6 is 12.2 Å². The van der Waals surface area contributed by atoms with Crippen molar-refractivity contribution in [1.82, 2.24) is 10.0 Å². The van der Waals surface area contributed by atoms with Crippen LogP contribution in [-0.4, -0.2) is 34.8 Å². The zero-order valence-electron chi connectivity index (χ0n) is 6.49. The van der Waals surface area contributed by atoms with Gasteiger partial charge in [-0.25, -0.2) is 5.01 Å². The van der Waals surface area contributed by atoms with Crippen molar-refractivity contribution in [2.75, 3.05) is 19.6 Å². The molecule has 2 N–H and O–H groups in total. The highest BCUT2D eigenvalue weighted by molar-refractivity contribution is 7.80. The summed E-state index contributed by atoms with van der Waals surface area (Å²) in [7, 11) is 0. The fourth-order valence-corrected chi connectivity index (χ4v) is 1.46. The Bertz CT molecular complexity index is 169. The fourth-order valence-electron chi connectivity index (χ4n) is 1.25. The first-order chi connectivity index (χ1) is 5.25. The summed E-state index contributed by atoms with van der Waals surface area (Å²) in [5, 5.41) is 4.50. The lowest BCUT2D eigenvalue weighted by Gasteiger charge is -2.26. The zero-order valence-corrected chi connectivity index (χ0v) is 7.31. The summed E-state index contributed by atoms with van der Waals surface area (Å²) in [6.45, 7) is 6.47. The highest BCUT2D eigenvalue weighted by Crippen LogP contribution is 2.08. The van der Waals surface area contributed by atoms with Crippen molar-refractivity contribution in [2.24, 2.45) is 5.73 Å². The molecule has 0 aromatic rings. The van der Waals surface area contributed by atoms with Crippen LogP contribution in [0.4, 0.5) is 0 Å². The second kappa shape index (κ2) is 3.69. The largest absolute Gasteiger partial charge is 0.375 e. The van der Waals surface area contributed by atoms with Crippen LogP contribution in [0.15, 0.2) is 12.7 Å². The van der Waals surface area contributed by atoms with Gasteiger partial charge in [0.25, 0.3) is 0 Å². The molecule has 0 atom stereocenters. The molecular formula is C7H13N3S. The highest BCUT2D eigenvalue weighted by atomic mass is 32.1. The molecule has 0 spiro atoms. The van der Waals surface area contributed by atoms with Gasteiger partial charge in [-0.1, -0.05) is 6.08 Å². The predicted molar refractivity (Wildman–Crippen MR) is 49.9 cm³/mol. The Kier molecular flexibility index (Phi) is 2.84. The van der Waals surface area contributed by atoms with E-state index in [2.05, 4.69) is 11.6 Å². The molecule has 0 radical (unpaired) electrons. The summed E-state index contributed by atoms with van der Waals surface area (Å²) in [5.41, 5.74) is 5.50. The lowest BCUT2D eigenvalue weighted by molar-refractivity contribution is 0.124. The molecule has 1 aliphatic rings. The minimum Gasteiger partial charge on any atom is -0.375 e. The summed E-state index contributed by atoms with van der Waals surface area (Å²) in [4.78, 5) is 0. The van der Waals surface area contributed by atoms with Gasteiger partial charge in [0.05, 0.1) is 0 Å². The lowest BCUT2D eigenvalue weighted by atomic mass is 10.4. The molecule has 0 aromatic carbocycles. The van der Waals surface area contributed by atoms with Crippen LogP contribution in [0.2, 0.25) is 0 Å². The van der Waals surface area contributed by atoms with E-state index in [0.29, 0.717) is 5.11 Å². The quantitative estimate of drug-likeness (QED) is 0.479. The van der Waals surface area contributed by atoms with Crippen molar-refractivity contribution in [3.05, 3.63) is 12.7 Å². The molecule has 1 fully saturated rings. The van der Waals surface area contributed by atoms with Gasteiger partial charge in [-0.05, 0) is 18.6 Å². The van der Waals surface area contributed by atoms with E-state index in [0.717, 1.165) is 26.1 Å². The molecule has 1 saturated heterocycles. The van der Waals surface area contributed by atoms with Crippen LogP contribution < -0.4 is 5.73 Å². The van der Waals surface area contributed by atoms with E-state index < -0.39 is 0 Å². The van der Waals surface area contributed by atoms with Crippen molar-refractivity contribution >= 4 is 17.3 Å². The topological polar surface area (TPSA) is 32.5 Å². The van der Waals surface area contributed by atoms with Gasteiger partial charge in [-0.3, -0.25) is 5.01 Å². The van der Waals surface area contributed by atoms with Crippen LogP contribution in [0.1, 0.15) is 6.42 Å². The Balaban J connectivity index is 2.50. The summed E-state index contributed by atoms with van der Waals surface area (Å²) < 4.78 is 0. The van der Waals surface area contributed by atoms with Gasteiger partial charge in [-0.2, -0.15) is 0 Å². The first kappa shape index (κ1) is 8.49. The number of nitrogens with two attached hydrogens (primary N) is 1. The predicted octanol–water partition coefficient (Wildman–Crippen LogP) is 0.339. The maximum Gasteiger partial charge on any atom is 0.181 e. The minimum absolute atomic E-state index is 0.462. The second-order valence-electron chi connectivity index (χ2n) is 2.52. The molecule has 0 aromatic heterocycles. The summed E-state index contributed by atoms with van der Waals surface area (Å²) in [5.74, 6) is 0. The first-order valence-corrected chi connectivity index (χ1v) is 4.09. The van der Waals surface area contributed by atoms with Crippen LogP contribution in [0.25, 0.3) is 0 Å². The number of hydrogen-bond donors (Lipinski definition) is 1. The lowest BCUT2D eigenvalue weighted by Crippen LogP contribution is -2.44. The van der Waals surface area contributed by atoms with E-state index in [9.17, 15) is 0 Å². The number of nitrogens with zero attached hydrogens (tertiary/aromatic N) is 2. The van der Waals surface area contributed by atoms with Crippen LogP contribution in [-0.2, 0) is 0 Å². The molecule has 3 nitrogen and oxygen atoms in total. The molecular weight excluding hydrogens is 158 g/mol. The third kappa shape index (κ3) is 1.91. The maximum atomic E-state index is 5.50. The minimum atomic E-state index is 0.462. The molecule has 0 unspecified atom stereocenters. The Morgan fingerprint density at radius 1 is 1.64 bits per heavy atom. The molecule has 1 rings (SSSR count). The number of thiocarbonyl (C=S) groups is 1. The van der Waals surface area contributed by atoms with Gasteiger partial charge in [0, 0.05) is 19.6 Å². The van der Waals surface area contributed by atoms with Gasteiger partial charge in [0.15, 0.2) is 5.11 Å². The van der Waals surface area contributed by atoms with Crippen LogP contribution in [0.5, 0.6) is 0 Å². The summed E-state index contributed by atoms with van der Waals surface area (Å²) in [6, 6.07) is 0. The average Bonchev–Trinajstić information content (AvgIpc) is 2.36. The van der Waals surface area contributed by atoms with Crippen LogP contribution in [0.3, 0.4) is 0 Å². The smallest absolute Gasteiger partial charge is 0.181 e. The molecule has 62 valence electrons. The summed E-state index contributed by atoms with van der Waals surface area (Å²) >= 11 is 4.87. The van der Waals surface area contributed by atoms with Gasteiger partial charge in [0.2, 0.25) is 0 Å². The van der Waals surface area contributed by atoms with E-state index in [1.54, 1.807) is 0 Å². The third-order valence-corrected chi connectivity index (χ3v) is 1.93. The Morgan fingerprint density at radius 3 is 2.91 bits per heavy atom. The normalized spacial score (nSPS) is 18.7. The van der Waals surface area contributed by atoms with Crippen molar-refractivity contribution in [3.8, 4) is 0 Å². The van der Waals surface area contributed by atoms with Gasteiger partial charge < -0.3 is 5.73 Å². The SMILES string of the molecule is C=CCN1CCCN1C(N)=S. The molecule has 0 amide bonds. The molecule has 4 heteroatoms. The van der Waals surface area contributed by atoms with Gasteiger partial charge in [-0.15, -0.1) is 6.58 Å². The van der Waals surface area contributed by atoms with Crippen molar-refractivity contribution in [3.63, 3.8) is 0 Å². The molecule has 0 saturated carbocycles. The van der Waals surface area contributed by atoms with Crippen molar-refractivity contribution < 1.29 is 0 Å². The standard InChI is InChI=1S/C7H13N3S/c1-2-4-9-5-3-6-10(9)7(8)11/h2H,1,3-6H2,(H2,8,11). The summed E-state index contributed by atoms with van der Waals surface area (Å²) in [6.07, 6.45) is 2.99. The second-order valence-corrected chi connectivity index (χ2v) is 2.93.